The van der Waals surface area contributed by atoms with Gasteiger partial charge in [0.2, 0.25) is 0 Å². The van der Waals surface area contributed by atoms with Gasteiger partial charge in [-0.3, -0.25) is 4.79 Å². The molecule has 1 aromatic rings. The Morgan fingerprint density at radius 1 is 1.29 bits per heavy atom. The number of nitrogens with one attached hydrogen (secondary N) is 1. The third kappa shape index (κ3) is 4.85. The van der Waals surface area contributed by atoms with E-state index in [0.29, 0.717) is 18.3 Å². The minimum absolute atomic E-state index is 0.158. The molecule has 1 aromatic carbocycles. The summed E-state index contributed by atoms with van der Waals surface area (Å²) in [6.07, 6.45) is 3.26. The molecule has 0 amide bonds. The highest BCUT2D eigenvalue weighted by Gasteiger charge is 2.22. The lowest BCUT2D eigenvalue weighted by atomic mass is 9.83. The predicted octanol–water partition coefficient (Wildman–Crippen LogP) is 3.68. The Kier molecular flexibility index (Phi) is 5.80. The van der Waals surface area contributed by atoms with E-state index >= 15 is 0 Å². The Morgan fingerprint density at radius 3 is 2.57 bits per heavy atom. The van der Waals surface area contributed by atoms with Crippen LogP contribution in [0.3, 0.4) is 0 Å². The van der Waals surface area contributed by atoms with E-state index in [1.165, 1.54) is 12.8 Å². The monoisotopic (exact) mass is 289 g/mol. The molecule has 3 nitrogen and oxygen atoms in total. The summed E-state index contributed by atoms with van der Waals surface area (Å²) in [5.74, 6) is 2.14. The van der Waals surface area contributed by atoms with Gasteiger partial charge in [0.05, 0.1) is 6.10 Å². The lowest BCUT2D eigenvalue weighted by molar-refractivity contribution is 0.0943. The van der Waals surface area contributed by atoms with E-state index in [-0.39, 0.29) is 11.9 Å². The number of hydrogen-bond acceptors (Lipinski definition) is 3. The number of ketones is 1. The molecule has 0 aromatic heterocycles. The predicted molar refractivity (Wildman–Crippen MR) is 85.9 cm³/mol. The summed E-state index contributed by atoms with van der Waals surface area (Å²) < 4.78 is 5.61. The minimum atomic E-state index is 0.158. The summed E-state index contributed by atoms with van der Waals surface area (Å²) in [4.78, 5) is 12.4. The van der Waals surface area contributed by atoms with E-state index in [1.807, 2.05) is 38.1 Å². The van der Waals surface area contributed by atoms with Crippen molar-refractivity contribution < 1.29 is 9.53 Å². The number of benzene rings is 1. The summed E-state index contributed by atoms with van der Waals surface area (Å²) in [6.45, 7) is 8.37. The lowest BCUT2D eigenvalue weighted by Gasteiger charge is -2.28. The van der Waals surface area contributed by atoms with Crippen LogP contribution in [0.1, 0.15) is 50.4 Å². The molecule has 1 saturated heterocycles. The molecule has 2 unspecified atom stereocenters. The number of piperidine rings is 1. The van der Waals surface area contributed by atoms with E-state index in [9.17, 15) is 4.79 Å². The minimum Gasteiger partial charge on any atom is -0.491 e. The Morgan fingerprint density at radius 2 is 2.00 bits per heavy atom. The second kappa shape index (κ2) is 7.60. The highest BCUT2D eigenvalue weighted by Crippen LogP contribution is 2.24. The molecule has 0 spiro atoms. The maximum absolute atomic E-state index is 12.4. The largest absolute Gasteiger partial charge is 0.491 e. The van der Waals surface area contributed by atoms with E-state index in [2.05, 4.69) is 12.2 Å². The van der Waals surface area contributed by atoms with Crippen molar-refractivity contribution >= 4 is 5.78 Å². The van der Waals surface area contributed by atoms with Crippen molar-refractivity contribution in [1.82, 2.24) is 5.32 Å². The average molecular weight is 289 g/mol. The van der Waals surface area contributed by atoms with Crippen LogP contribution in [0.2, 0.25) is 0 Å². The zero-order chi connectivity index (χ0) is 15.2. The SMILES string of the molecule is CC(C)Oc1ccc(C(=O)CC(C)C2CCCNC2)cc1. The fourth-order valence-corrected chi connectivity index (χ4v) is 2.93. The first-order valence-electron chi connectivity index (χ1n) is 8.07. The Labute approximate surface area is 128 Å². The van der Waals surface area contributed by atoms with E-state index in [4.69, 9.17) is 4.74 Å². The fourth-order valence-electron chi connectivity index (χ4n) is 2.93. The Balaban J connectivity index is 1.90. The number of rotatable bonds is 6. The average Bonchev–Trinajstić information content (AvgIpc) is 2.48. The molecule has 21 heavy (non-hydrogen) atoms. The van der Waals surface area contributed by atoms with Gasteiger partial charge in [0.25, 0.3) is 0 Å². The van der Waals surface area contributed by atoms with E-state index < -0.39 is 0 Å². The van der Waals surface area contributed by atoms with E-state index in [0.717, 1.165) is 24.4 Å². The summed E-state index contributed by atoms with van der Waals surface area (Å²) in [6, 6.07) is 7.54. The second-order valence-corrected chi connectivity index (χ2v) is 6.40. The normalized spacial score (nSPS) is 20.3. The molecular formula is C18H27NO2. The first-order chi connectivity index (χ1) is 10.1. The smallest absolute Gasteiger partial charge is 0.163 e. The van der Waals surface area contributed by atoms with Gasteiger partial charge in [-0.15, -0.1) is 0 Å². The van der Waals surface area contributed by atoms with Gasteiger partial charge in [-0.05, 0) is 75.9 Å². The van der Waals surface area contributed by atoms with Crippen LogP contribution in [-0.4, -0.2) is 25.0 Å². The zero-order valence-electron chi connectivity index (χ0n) is 13.4. The van der Waals surface area contributed by atoms with Gasteiger partial charge in [-0.25, -0.2) is 0 Å². The van der Waals surface area contributed by atoms with Gasteiger partial charge in [0, 0.05) is 12.0 Å². The number of carbonyl (C=O) groups is 1. The maximum atomic E-state index is 12.4. The molecule has 2 rings (SSSR count). The standard InChI is InChI=1S/C18H27NO2/c1-13(2)21-17-8-6-15(7-9-17)18(20)11-14(3)16-5-4-10-19-12-16/h6-9,13-14,16,19H,4-5,10-12H2,1-3H3. The van der Waals surface area contributed by atoms with Crippen LogP contribution in [-0.2, 0) is 0 Å². The van der Waals surface area contributed by atoms with Crippen molar-refractivity contribution in [1.29, 1.82) is 0 Å². The van der Waals surface area contributed by atoms with Gasteiger partial charge in [0.1, 0.15) is 5.75 Å². The second-order valence-electron chi connectivity index (χ2n) is 6.40. The highest BCUT2D eigenvalue weighted by atomic mass is 16.5. The maximum Gasteiger partial charge on any atom is 0.163 e. The Bertz CT molecular complexity index is 447. The molecule has 116 valence electrons. The lowest BCUT2D eigenvalue weighted by Crippen LogP contribution is -2.34. The van der Waals surface area contributed by atoms with Crippen molar-refractivity contribution in [2.45, 2.75) is 46.1 Å². The number of carbonyl (C=O) groups excluding carboxylic acids is 1. The van der Waals surface area contributed by atoms with Crippen LogP contribution in [0.25, 0.3) is 0 Å². The van der Waals surface area contributed by atoms with Gasteiger partial charge in [-0.2, -0.15) is 0 Å². The third-order valence-electron chi connectivity index (χ3n) is 4.20. The highest BCUT2D eigenvalue weighted by molar-refractivity contribution is 5.96. The van der Waals surface area contributed by atoms with Crippen LogP contribution in [0.15, 0.2) is 24.3 Å². The van der Waals surface area contributed by atoms with Crippen LogP contribution in [0, 0.1) is 11.8 Å². The molecule has 1 heterocycles. The molecule has 0 saturated carbocycles. The number of ether oxygens (including phenoxy) is 1. The van der Waals surface area contributed by atoms with Crippen molar-refractivity contribution in [3.63, 3.8) is 0 Å². The van der Waals surface area contributed by atoms with Gasteiger partial charge in [-0.1, -0.05) is 6.92 Å². The van der Waals surface area contributed by atoms with Gasteiger partial charge in [0.15, 0.2) is 5.78 Å². The first kappa shape index (κ1) is 16.0. The quantitative estimate of drug-likeness (QED) is 0.812. The Hall–Kier alpha value is -1.35. The zero-order valence-corrected chi connectivity index (χ0v) is 13.4. The van der Waals surface area contributed by atoms with Crippen LogP contribution in [0.4, 0.5) is 0 Å². The van der Waals surface area contributed by atoms with Gasteiger partial charge >= 0.3 is 0 Å². The topological polar surface area (TPSA) is 38.3 Å². The molecule has 2 atom stereocenters. The van der Waals surface area contributed by atoms with Crippen LogP contribution >= 0.6 is 0 Å². The molecule has 0 radical (unpaired) electrons. The number of hydrogen-bond donors (Lipinski definition) is 1. The molecular weight excluding hydrogens is 262 g/mol. The van der Waals surface area contributed by atoms with E-state index in [1.54, 1.807) is 0 Å². The summed E-state index contributed by atoms with van der Waals surface area (Å²) in [7, 11) is 0. The first-order valence-corrected chi connectivity index (χ1v) is 8.07. The third-order valence-corrected chi connectivity index (χ3v) is 4.20. The summed E-state index contributed by atoms with van der Waals surface area (Å²) in [5.41, 5.74) is 0.793. The summed E-state index contributed by atoms with van der Waals surface area (Å²) in [5, 5.41) is 3.43. The van der Waals surface area contributed by atoms with Crippen LogP contribution < -0.4 is 10.1 Å². The molecule has 1 N–H and O–H groups in total. The molecule has 1 aliphatic heterocycles. The fraction of sp³-hybridized carbons (Fsp3) is 0.611. The molecule has 1 fully saturated rings. The molecule has 0 aliphatic carbocycles. The van der Waals surface area contributed by atoms with Crippen molar-refractivity contribution in [2.75, 3.05) is 13.1 Å². The molecule has 1 aliphatic rings. The van der Waals surface area contributed by atoms with Crippen LogP contribution in [0.5, 0.6) is 5.75 Å². The summed E-state index contributed by atoms with van der Waals surface area (Å²) >= 11 is 0. The number of Topliss-reactive ketones (excluding diaryl/α,β-unsaturated/α-hetero) is 1. The van der Waals surface area contributed by atoms with Crippen molar-refractivity contribution in [3.8, 4) is 5.75 Å². The molecule has 3 heteroatoms. The van der Waals surface area contributed by atoms with Crippen molar-refractivity contribution in [3.05, 3.63) is 29.8 Å². The molecule has 0 bridgehead atoms. The van der Waals surface area contributed by atoms with Crippen molar-refractivity contribution in [2.24, 2.45) is 11.8 Å². The van der Waals surface area contributed by atoms with Gasteiger partial charge < -0.3 is 10.1 Å².